The van der Waals surface area contributed by atoms with Crippen molar-refractivity contribution in [2.24, 2.45) is 4.99 Å². The standard InChI is InChI=1S/C31H26I2N2O4S2/c1-4-38-28-22(32)15-18(16-23(28)33)17-24-29(36)35-27(20-11-13-21(40-3)14-12-20)25(30(37)39-5-2)26(34-31(35)41-24)19-9-7-6-8-10-19/h6-17,27H,4-5H2,1-3H3/b24-17-/t27-/m0/s1. The van der Waals surface area contributed by atoms with Crippen molar-refractivity contribution in [1.82, 2.24) is 4.57 Å². The van der Waals surface area contributed by atoms with Crippen LogP contribution in [-0.4, -0.2) is 30.0 Å². The Morgan fingerprint density at radius 1 is 1.05 bits per heavy atom. The highest BCUT2D eigenvalue weighted by atomic mass is 127. The molecule has 0 saturated carbocycles. The molecule has 1 aliphatic heterocycles. The third kappa shape index (κ3) is 6.20. The molecular weight excluding hydrogens is 782 g/mol. The molecular formula is C31H26I2N2O4S2. The van der Waals surface area contributed by atoms with Crippen LogP contribution in [0.2, 0.25) is 0 Å². The van der Waals surface area contributed by atoms with Gasteiger partial charge in [0.2, 0.25) is 0 Å². The highest BCUT2D eigenvalue weighted by Gasteiger charge is 2.35. The topological polar surface area (TPSA) is 69.9 Å². The number of carbonyl (C=O) groups is 1. The summed E-state index contributed by atoms with van der Waals surface area (Å²) in [5.74, 6) is 0.353. The Morgan fingerprint density at radius 2 is 1.73 bits per heavy atom. The lowest BCUT2D eigenvalue weighted by atomic mass is 9.93. The van der Waals surface area contributed by atoms with Crippen LogP contribution in [0.1, 0.15) is 36.6 Å². The van der Waals surface area contributed by atoms with Crippen molar-refractivity contribution >= 4 is 86.0 Å². The van der Waals surface area contributed by atoms with Crippen LogP contribution in [0, 0.1) is 7.14 Å². The van der Waals surface area contributed by atoms with Gasteiger partial charge in [0.05, 0.1) is 42.2 Å². The number of thioether (sulfide) groups is 1. The van der Waals surface area contributed by atoms with E-state index in [0.29, 0.717) is 27.2 Å². The number of carbonyl (C=O) groups excluding carboxylic acids is 1. The molecule has 0 aliphatic carbocycles. The molecule has 0 saturated heterocycles. The molecule has 210 valence electrons. The van der Waals surface area contributed by atoms with Crippen LogP contribution < -0.4 is 19.6 Å². The summed E-state index contributed by atoms with van der Waals surface area (Å²) in [5.41, 5.74) is 3.14. The average Bonchev–Trinajstić information content (AvgIpc) is 3.29. The number of halogens is 2. The molecule has 0 N–H and O–H groups in total. The van der Waals surface area contributed by atoms with Crippen LogP contribution in [0.4, 0.5) is 0 Å². The minimum Gasteiger partial charge on any atom is -0.492 e. The summed E-state index contributed by atoms with van der Waals surface area (Å²) in [6.45, 7) is 4.52. The fraction of sp³-hybridized carbons (Fsp3) is 0.194. The number of rotatable bonds is 8. The lowest BCUT2D eigenvalue weighted by molar-refractivity contribution is -0.138. The Morgan fingerprint density at radius 3 is 2.34 bits per heavy atom. The molecule has 0 spiro atoms. The van der Waals surface area contributed by atoms with Crippen LogP contribution in [0.15, 0.2) is 87.0 Å². The van der Waals surface area contributed by atoms with Gasteiger partial charge in [-0.05, 0) is 107 Å². The Kier molecular flexibility index (Phi) is 9.72. The number of hydrogen-bond acceptors (Lipinski definition) is 7. The van der Waals surface area contributed by atoms with Gasteiger partial charge < -0.3 is 9.47 Å². The van der Waals surface area contributed by atoms with Gasteiger partial charge in [0.1, 0.15) is 5.75 Å². The highest BCUT2D eigenvalue weighted by Crippen LogP contribution is 2.36. The lowest BCUT2D eigenvalue weighted by Crippen LogP contribution is -2.40. The summed E-state index contributed by atoms with van der Waals surface area (Å²) in [5, 5.41) is 0. The molecule has 4 aromatic rings. The second-order valence-electron chi connectivity index (χ2n) is 8.95. The number of benzene rings is 3. The second-order valence-corrected chi connectivity index (χ2v) is 13.2. The van der Waals surface area contributed by atoms with Gasteiger partial charge in [0.25, 0.3) is 5.56 Å². The molecule has 5 rings (SSSR count). The maximum absolute atomic E-state index is 14.1. The van der Waals surface area contributed by atoms with E-state index in [2.05, 4.69) is 45.2 Å². The van der Waals surface area contributed by atoms with Gasteiger partial charge >= 0.3 is 5.97 Å². The first-order chi connectivity index (χ1) is 19.9. The van der Waals surface area contributed by atoms with Gasteiger partial charge in [-0.3, -0.25) is 9.36 Å². The van der Waals surface area contributed by atoms with E-state index in [9.17, 15) is 9.59 Å². The van der Waals surface area contributed by atoms with E-state index >= 15 is 0 Å². The smallest absolute Gasteiger partial charge is 0.338 e. The van der Waals surface area contributed by atoms with Crippen molar-refractivity contribution in [3.05, 3.63) is 116 Å². The van der Waals surface area contributed by atoms with Crippen LogP contribution in [0.25, 0.3) is 11.8 Å². The quantitative estimate of drug-likeness (QED) is 0.120. The molecule has 3 aromatic carbocycles. The summed E-state index contributed by atoms with van der Waals surface area (Å²) < 4.78 is 15.4. The van der Waals surface area contributed by atoms with E-state index in [4.69, 9.17) is 14.5 Å². The SMILES string of the molecule is CCOC(=O)C1=C(c2ccccc2)N=c2s/c(=C\c3cc(I)c(OCC)c(I)c3)c(=O)n2[C@H]1c1ccc(SC)cc1. The minimum atomic E-state index is -0.695. The van der Waals surface area contributed by atoms with Crippen LogP contribution in [0.5, 0.6) is 5.75 Å². The fourth-order valence-electron chi connectivity index (χ4n) is 4.64. The summed E-state index contributed by atoms with van der Waals surface area (Å²) in [7, 11) is 0. The van der Waals surface area contributed by atoms with E-state index in [0.717, 1.165) is 34.5 Å². The number of hydrogen-bond donors (Lipinski definition) is 0. The largest absolute Gasteiger partial charge is 0.492 e. The molecule has 0 radical (unpaired) electrons. The predicted molar refractivity (Wildman–Crippen MR) is 182 cm³/mol. The molecule has 0 bridgehead atoms. The predicted octanol–water partition coefficient (Wildman–Crippen LogP) is 6.27. The van der Waals surface area contributed by atoms with Gasteiger partial charge in [0.15, 0.2) is 4.80 Å². The molecule has 2 heterocycles. The number of thiazole rings is 1. The average molecular weight is 809 g/mol. The van der Waals surface area contributed by atoms with E-state index in [1.807, 2.05) is 86.0 Å². The molecule has 0 unspecified atom stereocenters. The molecule has 6 nitrogen and oxygen atoms in total. The highest BCUT2D eigenvalue weighted by molar-refractivity contribution is 14.1. The van der Waals surface area contributed by atoms with Crippen molar-refractivity contribution < 1.29 is 14.3 Å². The van der Waals surface area contributed by atoms with Crippen molar-refractivity contribution in [1.29, 1.82) is 0 Å². The van der Waals surface area contributed by atoms with Gasteiger partial charge in [-0.15, -0.1) is 11.8 Å². The number of fused-ring (bicyclic) bond motifs is 1. The third-order valence-electron chi connectivity index (χ3n) is 6.41. The monoisotopic (exact) mass is 808 g/mol. The maximum Gasteiger partial charge on any atom is 0.338 e. The molecule has 0 fully saturated rings. The Labute approximate surface area is 273 Å². The Balaban J connectivity index is 1.78. The maximum atomic E-state index is 14.1. The first-order valence-electron chi connectivity index (χ1n) is 12.9. The second kappa shape index (κ2) is 13.3. The van der Waals surface area contributed by atoms with Crippen molar-refractivity contribution in [3.63, 3.8) is 0 Å². The zero-order chi connectivity index (χ0) is 29.1. The van der Waals surface area contributed by atoms with Gasteiger partial charge in [-0.25, -0.2) is 9.79 Å². The van der Waals surface area contributed by atoms with Gasteiger partial charge in [0, 0.05) is 10.5 Å². The zero-order valence-electron chi connectivity index (χ0n) is 22.5. The summed E-state index contributed by atoms with van der Waals surface area (Å²) in [4.78, 5) is 34.2. The minimum absolute atomic E-state index is 0.208. The van der Waals surface area contributed by atoms with Crippen molar-refractivity contribution in [2.45, 2.75) is 24.8 Å². The molecule has 41 heavy (non-hydrogen) atoms. The molecule has 1 aliphatic rings. The van der Waals surface area contributed by atoms with Crippen LogP contribution in [-0.2, 0) is 9.53 Å². The van der Waals surface area contributed by atoms with E-state index in [1.165, 1.54) is 11.3 Å². The Bertz CT molecular complexity index is 1790. The number of nitrogens with zero attached hydrogens (tertiary/aromatic N) is 2. The van der Waals surface area contributed by atoms with E-state index in [-0.39, 0.29) is 12.2 Å². The fourth-order valence-corrected chi connectivity index (χ4v) is 8.18. The van der Waals surface area contributed by atoms with Crippen molar-refractivity contribution in [2.75, 3.05) is 19.5 Å². The normalized spacial score (nSPS) is 15.0. The molecule has 0 amide bonds. The number of esters is 1. The third-order valence-corrected chi connectivity index (χ3v) is 9.74. The van der Waals surface area contributed by atoms with E-state index in [1.54, 1.807) is 23.3 Å². The van der Waals surface area contributed by atoms with Gasteiger partial charge in [-0.1, -0.05) is 53.8 Å². The van der Waals surface area contributed by atoms with Crippen molar-refractivity contribution in [3.8, 4) is 5.75 Å². The lowest BCUT2D eigenvalue weighted by Gasteiger charge is -2.26. The summed E-state index contributed by atoms with van der Waals surface area (Å²) in [6, 6.07) is 20.8. The van der Waals surface area contributed by atoms with Crippen LogP contribution in [0.3, 0.4) is 0 Å². The molecule has 10 heteroatoms. The first kappa shape index (κ1) is 30.1. The van der Waals surface area contributed by atoms with Gasteiger partial charge in [-0.2, -0.15) is 0 Å². The number of ether oxygens (including phenoxy) is 2. The zero-order valence-corrected chi connectivity index (χ0v) is 28.5. The van der Waals surface area contributed by atoms with Crippen LogP contribution >= 0.6 is 68.3 Å². The molecule has 1 atom stereocenters. The summed E-state index contributed by atoms with van der Waals surface area (Å²) in [6.07, 6.45) is 3.90. The summed E-state index contributed by atoms with van der Waals surface area (Å²) >= 11 is 7.47. The van der Waals surface area contributed by atoms with E-state index < -0.39 is 12.0 Å². The first-order valence-corrected chi connectivity index (χ1v) is 17.1. The Hall–Kier alpha value is -2.42. The number of aromatic nitrogens is 1. The molecule has 1 aromatic heterocycles.